The van der Waals surface area contributed by atoms with Gasteiger partial charge in [-0.15, -0.1) is 0 Å². The monoisotopic (exact) mass is 284 g/mol. The Morgan fingerprint density at radius 3 is 2.45 bits per heavy atom. The van der Waals surface area contributed by atoms with Crippen molar-refractivity contribution < 1.29 is 9.53 Å². The van der Waals surface area contributed by atoms with E-state index in [9.17, 15) is 4.79 Å². The van der Waals surface area contributed by atoms with Crippen LogP contribution < -0.4 is 11.1 Å². The van der Waals surface area contributed by atoms with Crippen molar-refractivity contribution in [1.82, 2.24) is 5.32 Å². The minimum Gasteiger partial charge on any atom is -0.379 e. The van der Waals surface area contributed by atoms with Gasteiger partial charge in [0.15, 0.2) is 0 Å². The molecule has 1 rings (SSSR count). The molecule has 0 unspecified atom stereocenters. The molecule has 1 amide bonds. The molecule has 0 heterocycles. The van der Waals surface area contributed by atoms with E-state index < -0.39 is 0 Å². The van der Waals surface area contributed by atoms with E-state index in [4.69, 9.17) is 10.5 Å². The van der Waals surface area contributed by atoms with Crippen LogP contribution in [-0.4, -0.2) is 31.7 Å². The summed E-state index contributed by atoms with van der Waals surface area (Å²) in [5.41, 5.74) is 5.68. The van der Waals surface area contributed by atoms with E-state index in [-0.39, 0.29) is 5.91 Å². The number of nitrogens with two attached hydrogens (primary N) is 1. The molecule has 0 aromatic heterocycles. The topological polar surface area (TPSA) is 64.3 Å². The minimum absolute atomic E-state index is 0.214. The van der Waals surface area contributed by atoms with Crippen molar-refractivity contribution in [3.8, 4) is 0 Å². The van der Waals surface area contributed by atoms with E-state index in [1.165, 1.54) is 12.8 Å². The largest absolute Gasteiger partial charge is 0.379 e. The Morgan fingerprint density at radius 2 is 1.85 bits per heavy atom. The lowest BCUT2D eigenvalue weighted by atomic mass is 9.80. The highest BCUT2D eigenvalue weighted by Gasteiger charge is 2.21. The van der Waals surface area contributed by atoms with Crippen molar-refractivity contribution in [2.45, 2.75) is 64.9 Å². The number of carbonyl (C=O) groups is 1. The standard InChI is InChI=1S/C16H32N2O2/c1-13(2)20-10-4-3-9-18-16(19)11-14-5-7-15(12-17)8-6-14/h13-15H,3-12,17H2,1-2H3,(H,18,19). The molecule has 0 saturated heterocycles. The molecule has 4 heteroatoms. The Labute approximate surface area is 123 Å². The molecule has 0 bridgehead atoms. The molecule has 20 heavy (non-hydrogen) atoms. The minimum atomic E-state index is 0.214. The number of nitrogens with one attached hydrogen (secondary N) is 1. The van der Waals surface area contributed by atoms with Gasteiger partial charge in [0.05, 0.1) is 6.10 Å². The lowest BCUT2D eigenvalue weighted by Gasteiger charge is -2.27. The first-order valence-electron chi connectivity index (χ1n) is 8.20. The highest BCUT2D eigenvalue weighted by Crippen LogP contribution is 2.29. The third kappa shape index (κ3) is 7.85. The summed E-state index contributed by atoms with van der Waals surface area (Å²) >= 11 is 0. The van der Waals surface area contributed by atoms with Crippen LogP contribution in [0.5, 0.6) is 0 Å². The first kappa shape index (κ1) is 17.4. The average molecular weight is 284 g/mol. The average Bonchev–Trinajstić information content (AvgIpc) is 2.43. The fourth-order valence-corrected chi connectivity index (χ4v) is 2.78. The zero-order valence-corrected chi connectivity index (χ0v) is 13.2. The molecule has 1 aliphatic carbocycles. The summed E-state index contributed by atoms with van der Waals surface area (Å²) < 4.78 is 5.47. The molecule has 0 spiro atoms. The van der Waals surface area contributed by atoms with E-state index in [0.717, 1.165) is 45.4 Å². The van der Waals surface area contributed by atoms with Crippen LogP contribution in [0.4, 0.5) is 0 Å². The second-order valence-corrected chi connectivity index (χ2v) is 6.30. The van der Waals surface area contributed by atoms with Crippen LogP contribution in [-0.2, 0) is 9.53 Å². The van der Waals surface area contributed by atoms with Crippen molar-refractivity contribution >= 4 is 5.91 Å². The Morgan fingerprint density at radius 1 is 1.20 bits per heavy atom. The van der Waals surface area contributed by atoms with Crippen LogP contribution in [0, 0.1) is 11.8 Å². The first-order chi connectivity index (χ1) is 9.61. The Balaban J connectivity index is 1.98. The lowest BCUT2D eigenvalue weighted by Crippen LogP contribution is -2.29. The number of hydrogen-bond donors (Lipinski definition) is 2. The predicted octanol–water partition coefficient (Wildman–Crippen LogP) is 2.46. The van der Waals surface area contributed by atoms with Gasteiger partial charge < -0.3 is 15.8 Å². The summed E-state index contributed by atoms with van der Waals surface area (Å²) in [7, 11) is 0. The summed E-state index contributed by atoms with van der Waals surface area (Å²) in [5.74, 6) is 1.48. The maximum Gasteiger partial charge on any atom is 0.220 e. The molecule has 0 aromatic rings. The second-order valence-electron chi connectivity index (χ2n) is 6.30. The first-order valence-corrected chi connectivity index (χ1v) is 8.20. The molecule has 0 aliphatic heterocycles. The van der Waals surface area contributed by atoms with Crippen LogP contribution >= 0.6 is 0 Å². The molecular formula is C16H32N2O2. The lowest BCUT2D eigenvalue weighted by molar-refractivity contribution is -0.122. The van der Waals surface area contributed by atoms with Crippen LogP contribution in [0.15, 0.2) is 0 Å². The zero-order valence-electron chi connectivity index (χ0n) is 13.2. The van der Waals surface area contributed by atoms with Gasteiger partial charge >= 0.3 is 0 Å². The van der Waals surface area contributed by atoms with E-state index in [0.29, 0.717) is 24.4 Å². The van der Waals surface area contributed by atoms with Crippen LogP contribution in [0.2, 0.25) is 0 Å². The molecule has 0 aromatic carbocycles. The molecule has 3 N–H and O–H groups in total. The van der Waals surface area contributed by atoms with Crippen LogP contribution in [0.3, 0.4) is 0 Å². The fourth-order valence-electron chi connectivity index (χ4n) is 2.78. The van der Waals surface area contributed by atoms with E-state index in [2.05, 4.69) is 5.32 Å². The second kappa shape index (κ2) is 10.2. The molecule has 118 valence electrons. The highest BCUT2D eigenvalue weighted by atomic mass is 16.5. The number of amides is 1. The van der Waals surface area contributed by atoms with Gasteiger partial charge in [-0.05, 0) is 70.8 Å². The maximum atomic E-state index is 11.8. The highest BCUT2D eigenvalue weighted by molar-refractivity contribution is 5.76. The van der Waals surface area contributed by atoms with E-state index >= 15 is 0 Å². The van der Waals surface area contributed by atoms with Crippen molar-refractivity contribution in [2.24, 2.45) is 17.6 Å². The van der Waals surface area contributed by atoms with E-state index in [1.807, 2.05) is 13.8 Å². The smallest absolute Gasteiger partial charge is 0.220 e. The van der Waals surface area contributed by atoms with Gasteiger partial charge in [0.1, 0.15) is 0 Å². The molecule has 1 fully saturated rings. The number of hydrogen-bond acceptors (Lipinski definition) is 3. The van der Waals surface area contributed by atoms with Gasteiger partial charge in [-0.25, -0.2) is 0 Å². The number of rotatable bonds is 9. The third-order valence-electron chi connectivity index (χ3n) is 4.12. The quantitative estimate of drug-likeness (QED) is 0.639. The zero-order chi connectivity index (χ0) is 14.8. The van der Waals surface area contributed by atoms with Crippen molar-refractivity contribution in [2.75, 3.05) is 19.7 Å². The van der Waals surface area contributed by atoms with Gasteiger partial charge in [0.25, 0.3) is 0 Å². The number of ether oxygens (including phenoxy) is 1. The Bertz CT molecular complexity index is 261. The normalized spacial score (nSPS) is 23.0. The molecular weight excluding hydrogens is 252 g/mol. The Kier molecular flexibility index (Phi) is 8.86. The van der Waals surface area contributed by atoms with Crippen molar-refractivity contribution in [3.63, 3.8) is 0 Å². The third-order valence-corrected chi connectivity index (χ3v) is 4.12. The summed E-state index contributed by atoms with van der Waals surface area (Å²) in [6.45, 7) is 6.45. The van der Waals surface area contributed by atoms with Gasteiger partial charge in [-0.1, -0.05) is 0 Å². The molecule has 4 nitrogen and oxygen atoms in total. The molecule has 1 aliphatic rings. The molecule has 1 saturated carbocycles. The van der Waals surface area contributed by atoms with Crippen molar-refractivity contribution in [3.05, 3.63) is 0 Å². The molecule has 0 radical (unpaired) electrons. The molecule has 0 atom stereocenters. The Hall–Kier alpha value is -0.610. The van der Waals surface area contributed by atoms with E-state index in [1.54, 1.807) is 0 Å². The van der Waals surface area contributed by atoms with Gasteiger partial charge in [-0.2, -0.15) is 0 Å². The summed E-state index contributed by atoms with van der Waals surface area (Å²) in [5, 5.41) is 3.02. The summed E-state index contributed by atoms with van der Waals surface area (Å²) in [6, 6.07) is 0. The van der Waals surface area contributed by atoms with Crippen LogP contribution in [0.1, 0.15) is 58.8 Å². The number of unbranched alkanes of at least 4 members (excludes halogenated alkanes) is 1. The van der Waals surface area contributed by atoms with Gasteiger partial charge in [-0.3, -0.25) is 4.79 Å². The number of carbonyl (C=O) groups excluding carboxylic acids is 1. The van der Waals surface area contributed by atoms with Crippen LogP contribution in [0.25, 0.3) is 0 Å². The van der Waals surface area contributed by atoms with Crippen molar-refractivity contribution in [1.29, 1.82) is 0 Å². The van der Waals surface area contributed by atoms with Gasteiger partial charge in [0.2, 0.25) is 5.91 Å². The summed E-state index contributed by atoms with van der Waals surface area (Å²) in [6.07, 6.45) is 7.73. The van der Waals surface area contributed by atoms with Gasteiger partial charge in [0, 0.05) is 19.6 Å². The predicted molar refractivity (Wildman–Crippen MR) is 82.5 cm³/mol. The summed E-state index contributed by atoms with van der Waals surface area (Å²) in [4.78, 5) is 11.8. The maximum absolute atomic E-state index is 11.8. The SMILES string of the molecule is CC(C)OCCCCNC(=O)CC1CCC(CN)CC1. The fraction of sp³-hybridized carbons (Fsp3) is 0.938.